The summed E-state index contributed by atoms with van der Waals surface area (Å²) in [4.78, 5) is 16.2. The van der Waals surface area contributed by atoms with Crippen LogP contribution in [-0.2, 0) is 4.79 Å². The molecule has 0 spiro atoms. The highest BCUT2D eigenvalue weighted by molar-refractivity contribution is 6.53. The molecule has 0 bridgehead atoms. The fourth-order valence-corrected chi connectivity index (χ4v) is 2.24. The monoisotopic (exact) mass is 300 g/mol. The summed E-state index contributed by atoms with van der Waals surface area (Å²) in [5.41, 5.74) is 2.11. The first-order chi connectivity index (χ1) is 10.2. The first-order valence-electron chi connectivity index (χ1n) is 6.57. The normalized spacial score (nSPS) is 14.9. The van der Waals surface area contributed by atoms with E-state index in [1.165, 1.54) is 0 Å². The van der Waals surface area contributed by atoms with Crippen LogP contribution in [-0.4, -0.2) is 24.8 Å². The largest absolute Gasteiger partial charge is 0.492 e. The average molecular weight is 301 g/mol. The van der Waals surface area contributed by atoms with Crippen molar-refractivity contribution in [3.05, 3.63) is 59.1 Å². The zero-order valence-electron chi connectivity index (χ0n) is 11.2. The molecule has 106 valence electrons. The van der Waals surface area contributed by atoms with Crippen molar-refractivity contribution >= 4 is 28.9 Å². The van der Waals surface area contributed by atoms with Crippen molar-refractivity contribution in [1.82, 2.24) is 0 Å². The summed E-state index contributed by atoms with van der Waals surface area (Å²) in [6.07, 6.45) is 0. The van der Waals surface area contributed by atoms with E-state index in [0.717, 1.165) is 17.0 Å². The van der Waals surface area contributed by atoms with Crippen LogP contribution in [0.25, 0.3) is 0 Å². The van der Waals surface area contributed by atoms with Crippen LogP contribution in [0.2, 0.25) is 5.02 Å². The van der Waals surface area contributed by atoms with Crippen LogP contribution < -0.4 is 10.1 Å². The van der Waals surface area contributed by atoms with Gasteiger partial charge in [0.1, 0.15) is 18.1 Å². The van der Waals surface area contributed by atoms with Crippen molar-refractivity contribution in [3.63, 3.8) is 0 Å². The Kier molecular flexibility index (Phi) is 3.88. The van der Waals surface area contributed by atoms with Gasteiger partial charge in [0.05, 0.1) is 12.2 Å². The second-order valence-corrected chi connectivity index (χ2v) is 4.97. The van der Waals surface area contributed by atoms with E-state index in [9.17, 15) is 4.79 Å². The van der Waals surface area contributed by atoms with Crippen molar-refractivity contribution < 1.29 is 9.53 Å². The zero-order chi connectivity index (χ0) is 14.7. The van der Waals surface area contributed by atoms with Crippen LogP contribution in [0.15, 0.2) is 53.5 Å². The molecule has 2 aromatic carbocycles. The summed E-state index contributed by atoms with van der Waals surface area (Å²) < 4.78 is 5.55. The third-order valence-corrected chi connectivity index (χ3v) is 3.34. The van der Waals surface area contributed by atoms with Gasteiger partial charge in [0.2, 0.25) is 0 Å². The van der Waals surface area contributed by atoms with Gasteiger partial charge in [-0.25, -0.2) is 0 Å². The Morgan fingerprint density at radius 3 is 2.67 bits per heavy atom. The van der Waals surface area contributed by atoms with E-state index in [1.807, 2.05) is 24.3 Å². The number of rotatable bonds is 4. The second-order valence-electron chi connectivity index (χ2n) is 4.53. The Hall–Kier alpha value is -2.33. The number of nitrogens with zero attached hydrogens (tertiary/aromatic N) is 1. The molecule has 1 N–H and O–H groups in total. The molecule has 0 aromatic heterocycles. The number of ether oxygens (including phenoxy) is 1. The molecule has 0 saturated carbocycles. The number of nitrogens with one attached hydrogen (secondary N) is 1. The van der Waals surface area contributed by atoms with Crippen LogP contribution in [0.4, 0.5) is 5.69 Å². The minimum absolute atomic E-state index is 0.164. The van der Waals surface area contributed by atoms with Crippen molar-refractivity contribution in [2.24, 2.45) is 4.99 Å². The van der Waals surface area contributed by atoms with Crippen molar-refractivity contribution in [3.8, 4) is 5.75 Å². The predicted octanol–water partition coefficient (Wildman–Crippen LogP) is 3.16. The molecular weight excluding hydrogens is 288 g/mol. The number of para-hydroxylation sites is 1. The van der Waals surface area contributed by atoms with E-state index in [4.69, 9.17) is 16.3 Å². The molecule has 1 aliphatic rings. The molecular formula is C16H13ClN2O2. The lowest BCUT2D eigenvalue weighted by Gasteiger charge is -2.04. The molecule has 21 heavy (non-hydrogen) atoms. The predicted molar refractivity (Wildman–Crippen MR) is 83.4 cm³/mol. The standard InChI is InChI=1S/C16H13ClN2O2/c17-11-5-7-12(8-6-11)21-10-9-18-15-13-3-1-2-4-14(13)19-16(15)20/h1-8H,9-10H2,(H,18,19,20). The number of benzene rings is 2. The van der Waals surface area contributed by atoms with E-state index in [-0.39, 0.29) is 5.91 Å². The van der Waals surface area contributed by atoms with E-state index >= 15 is 0 Å². The second kappa shape index (κ2) is 5.97. The number of hydrogen-bond acceptors (Lipinski definition) is 3. The average Bonchev–Trinajstić information content (AvgIpc) is 2.81. The van der Waals surface area contributed by atoms with Gasteiger partial charge in [-0.3, -0.25) is 9.79 Å². The van der Waals surface area contributed by atoms with Gasteiger partial charge in [0.15, 0.2) is 0 Å². The summed E-state index contributed by atoms with van der Waals surface area (Å²) in [7, 11) is 0. The highest BCUT2D eigenvalue weighted by Gasteiger charge is 2.24. The highest BCUT2D eigenvalue weighted by Crippen LogP contribution is 2.22. The number of halogens is 1. The summed E-state index contributed by atoms with van der Waals surface area (Å²) >= 11 is 5.80. The molecule has 0 unspecified atom stereocenters. The third-order valence-electron chi connectivity index (χ3n) is 3.09. The smallest absolute Gasteiger partial charge is 0.274 e. The number of carbonyl (C=O) groups is 1. The maximum Gasteiger partial charge on any atom is 0.274 e. The lowest BCUT2D eigenvalue weighted by molar-refractivity contribution is -0.110. The minimum atomic E-state index is -0.164. The molecule has 1 amide bonds. The molecule has 0 aliphatic carbocycles. The summed E-state index contributed by atoms with van der Waals surface area (Å²) in [6, 6.07) is 14.6. The van der Waals surface area contributed by atoms with Gasteiger partial charge in [-0.15, -0.1) is 0 Å². The Labute approximate surface area is 127 Å². The van der Waals surface area contributed by atoms with Gasteiger partial charge >= 0.3 is 0 Å². The molecule has 5 heteroatoms. The number of amides is 1. The lowest BCUT2D eigenvalue weighted by atomic mass is 10.1. The van der Waals surface area contributed by atoms with E-state index in [0.29, 0.717) is 23.9 Å². The molecule has 1 heterocycles. The fourth-order valence-electron chi connectivity index (χ4n) is 2.11. The van der Waals surface area contributed by atoms with Gasteiger partial charge in [0.25, 0.3) is 5.91 Å². The number of fused-ring (bicyclic) bond motifs is 1. The number of hydrogen-bond donors (Lipinski definition) is 1. The van der Waals surface area contributed by atoms with E-state index < -0.39 is 0 Å². The first-order valence-corrected chi connectivity index (χ1v) is 6.95. The molecule has 0 atom stereocenters. The number of anilines is 1. The third kappa shape index (κ3) is 3.06. The van der Waals surface area contributed by atoms with Crippen LogP contribution >= 0.6 is 11.6 Å². The first kappa shape index (κ1) is 13.6. The summed E-state index contributed by atoms with van der Waals surface area (Å²) in [6.45, 7) is 0.820. The maximum absolute atomic E-state index is 11.8. The summed E-state index contributed by atoms with van der Waals surface area (Å²) in [5, 5.41) is 3.46. The van der Waals surface area contributed by atoms with Crippen molar-refractivity contribution in [2.45, 2.75) is 0 Å². The topological polar surface area (TPSA) is 50.7 Å². The number of aliphatic imine (C=N–C) groups is 1. The molecule has 4 nitrogen and oxygen atoms in total. The maximum atomic E-state index is 11.8. The lowest BCUT2D eigenvalue weighted by Crippen LogP contribution is -2.16. The molecule has 1 aliphatic heterocycles. The quantitative estimate of drug-likeness (QED) is 0.882. The van der Waals surface area contributed by atoms with Crippen LogP contribution in [0.5, 0.6) is 5.75 Å². The molecule has 0 fully saturated rings. The van der Waals surface area contributed by atoms with E-state index in [2.05, 4.69) is 10.3 Å². The minimum Gasteiger partial charge on any atom is -0.492 e. The SMILES string of the molecule is O=C1Nc2ccccc2C1=NCCOc1ccc(Cl)cc1. The van der Waals surface area contributed by atoms with Crippen LogP contribution in [0.3, 0.4) is 0 Å². The Morgan fingerprint density at radius 1 is 1.10 bits per heavy atom. The zero-order valence-corrected chi connectivity index (χ0v) is 11.9. The molecule has 3 rings (SSSR count). The number of carbonyl (C=O) groups excluding carboxylic acids is 1. The Balaban J connectivity index is 1.62. The highest BCUT2D eigenvalue weighted by atomic mass is 35.5. The van der Waals surface area contributed by atoms with Crippen molar-refractivity contribution in [1.29, 1.82) is 0 Å². The van der Waals surface area contributed by atoms with Gasteiger partial charge in [0, 0.05) is 10.6 Å². The Morgan fingerprint density at radius 2 is 1.86 bits per heavy atom. The van der Waals surface area contributed by atoms with Gasteiger partial charge in [-0.05, 0) is 30.3 Å². The van der Waals surface area contributed by atoms with Crippen molar-refractivity contribution in [2.75, 3.05) is 18.5 Å². The molecule has 0 radical (unpaired) electrons. The molecule has 0 saturated heterocycles. The Bertz CT molecular complexity index is 696. The van der Waals surface area contributed by atoms with Gasteiger partial charge < -0.3 is 10.1 Å². The van der Waals surface area contributed by atoms with Crippen LogP contribution in [0, 0.1) is 0 Å². The van der Waals surface area contributed by atoms with E-state index in [1.54, 1.807) is 24.3 Å². The summed E-state index contributed by atoms with van der Waals surface area (Å²) in [5.74, 6) is 0.568. The molecule has 2 aromatic rings. The van der Waals surface area contributed by atoms with Gasteiger partial charge in [-0.1, -0.05) is 29.8 Å². The van der Waals surface area contributed by atoms with Gasteiger partial charge in [-0.2, -0.15) is 0 Å². The fraction of sp³-hybridized carbons (Fsp3) is 0.125. The van der Waals surface area contributed by atoms with Crippen LogP contribution in [0.1, 0.15) is 5.56 Å².